The minimum Gasteiger partial charge on any atom is -0.467 e. The lowest BCUT2D eigenvalue weighted by Crippen LogP contribution is -2.23. The number of rotatable bonds is 1. The topological polar surface area (TPSA) is 38.7 Å². The molecule has 0 aromatic rings. The minimum absolute atomic E-state index is 0.0428. The molecule has 0 spiro atoms. The Labute approximate surface area is 84.6 Å². The van der Waals surface area contributed by atoms with Crippen molar-refractivity contribution in [3.05, 3.63) is 0 Å². The van der Waals surface area contributed by atoms with Crippen LogP contribution in [0.3, 0.4) is 0 Å². The van der Waals surface area contributed by atoms with Gasteiger partial charge in [0.1, 0.15) is 5.17 Å². The SMILES string of the molecule is COC(=O)[C@@H]1CC(Cl)(Cl)C(Cl)=N1. The first-order valence-electron chi connectivity index (χ1n) is 3.17. The number of carbonyl (C=O) groups excluding carboxylic acids is 1. The predicted octanol–water partition coefficient (Wildman–Crippen LogP) is 1.74. The molecule has 1 heterocycles. The lowest BCUT2D eigenvalue weighted by Gasteiger charge is -2.10. The van der Waals surface area contributed by atoms with E-state index >= 15 is 0 Å². The van der Waals surface area contributed by atoms with Crippen LogP contribution in [0.4, 0.5) is 0 Å². The molecule has 0 bridgehead atoms. The van der Waals surface area contributed by atoms with E-state index in [-0.39, 0.29) is 11.6 Å². The van der Waals surface area contributed by atoms with Crippen LogP contribution >= 0.6 is 34.8 Å². The molecular weight excluding hydrogens is 224 g/mol. The van der Waals surface area contributed by atoms with Gasteiger partial charge < -0.3 is 4.74 Å². The van der Waals surface area contributed by atoms with E-state index in [1.165, 1.54) is 7.11 Å². The number of carbonyl (C=O) groups is 1. The number of aliphatic imine (C=N–C) groups is 1. The first-order valence-corrected chi connectivity index (χ1v) is 4.30. The Morgan fingerprint density at radius 2 is 2.33 bits per heavy atom. The van der Waals surface area contributed by atoms with Crippen LogP contribution in [0.1, 0.15) is 6.42 Å². The van der Waals surface area contributed by atoms with E-state index in [0.717, 1.165) is 0 Å². The van der Waals surface area contributed by atoms with Crippen molar-refractivity contribution in [2.75, 3.05) is 7.11 Å². The highest BCUT2D eigenvalue weighted by Gasteiger charge is 2.42. The molecular formula is C6H6Cl3NO2. The van der Waals surface area contributed by atoms with Crippen LogP contribution in [-0.2, 0) is 9.53 Å². The third kappa shape index (κ3) is 1.84. The predicted molar refractivity (Wildman–Crippen MR) is 48.1 cm³/mol. The van der Waals surface area contributed by atoms with Gasteiger partial charge in [-0.1, -0.05) is 34.8 Å². The van der Waals surface area contributed by atoms with Gasteiger partial charge in [0.2, 0.25) is 0 Å². The second kappa shape index (κ2) is 3.40. The fourth-order valence-electron chi connectivity index (χ4n) is 0.876. The first kappa shape index (κ1) is 10.1. The van der Waals surface area contributed by atoms with Gasteiger partial charge in [-0.15, -0.1) is 0 Å². The molecule has 1 aliphatic rings. The Morgan fingerprint density at radius 1 is 1.75 bits per heavy atom. The second-order valence-electron chi connectivity index (χ2n) is 2.37. The maximum atomic E-state index is 10.9. The smallest absolute Gasteiger partial charge is 0.330 e. The van der Waals surface area contributed by atoms with Crippen molar-refractivity contribution in [1.29, 1.82) is 0 Å². The average molecular weight is 230 g/mol. The summed E-state index contributed by atoms with van der Waals surface area (Å²) in [7, 11) is 1.27. The van der Waals surface area contributed by atoms with Gasteiger partial charge >= 0.3 is 5.97 Å². The number of methoxy groups -OCH3 is 1. The lowest BCUT2D eigenvalue weighted by molar-refractivity contribution is -0.142. The van der Waals surface area contributed by atoms with Crippen LogP contribution in [0, 0.1) is 0 Å². The zero-order valence-corrected chi connectivity index (χ0v) is 8.45. The normalized spacial score (nSPS) is 26.7. The monoisotopic (exact) mass is 229 g/mol. The van der Waals surface area contributed by atoms with E-state index in [0.29, 0.717) is 0 Å². The summed E-state index contributed by atoms with van der Waals surface area (Å²) in [5, 5.41) is 0.0428. The van der Waals surface area contributed by atoms with E-state index < -0.39 is 16.3 Å². The highest BCUT2D eigenvalue weighted by atomic mass is 35.5. The summed E-state index contributed by atoms with van der Waals surface area (Å²) >= 11 is 17.0. The van der Waals surface area contributed by atoms with E-state index in [9.17, 15) is 4.79 Å². The van der Waals surface area contributed by atoms with Gasteiger partial charge in [0.05, 0.1) is 7.11 Å². The Bertz CT molecular complexity index is 239. The summed E-state index contributed by atoms with van der Waals surface area (Å²) in [5.41, 5.74) is 0. The van der Waals surface area contributed by atoms with Gasteiger partial charge in [0.15, 0.2) is 10.4 Å². The van der Waals surface area contributed by atoms with Crippen molar-refractivity contribution in [3.8, 4) is 0 Å². The number of hydrogen-bond acceptors (Lipinski definition) is 3. The molecule has 68 valence electrons. The van der Waals surface area contributed by atoms with Gasteiger partial charge in [0, 0.05) is 6.42 Å². The summed E-state index contributed by atoms with van der Waals surface area (Å²) in [6.07, 6.45) is 0.168. The summed E-state index contributed by atoms with van der Waals surface area (Å²) in [6.45, 7) is 0. The molecule has 3 nitrogen and oxygen atoms in total. The molecule has 0 unspecified atom stereocenters. The highest BCUT2D eigenvalue weighted by Crippen LogP contribution is 2.37. The molecule has 1 atom stereocenters. The second-order valence-corrected chi connectivity index (χ2v) is 4.21. The van der Waals surface area contributed by atoms with Crippen LogP contribution in [0.25, 0.3) is 0 Å². The van der Waals surface area contributed by atoms with Gasteiger partial charge in [-0.2, -0.15) is 0 Å². The molecule has 0 amide bonds. The molecule has 0 radical (unpaired) electrons. The highest BCUT2D eigenvalue weighted by molar-refractivity contribution is 6.80. The molecule has 0 saturated heterocycles. The molecule has 0 aromatic heterocycles. The Hall–Kier alpha value is 0.01000. The molecule has 1 aliphatic heterocycles. The molecule has 0 fully saturated rings. The number of hydrogen-bond donors (Lipinski definition) is 0. The number of alkyl halides is 2. The molecule has 0 aromatic carbocycles. The fourth-order valence-corrected chi connectivity index (χ4v) is 1.46. The lowest BCUT2D eigenvalue weighted by atomic mass is 10.2. The van der Waals surface area contributed by atoms with E-state index in [2.05, 4.69) is 9.73 Å². The third-order valence-corrected chi connectivity index (χ3v) is 2.77. The molecule has 12 heavy (non-hydrogen) atoms. The van der Waals surface area contributed by atoms with Crippen LogP contribution in [0.5, 0.6) is 0 Å². The Morgan fingerprint density at radius 3 is 2.67 bits per heavy atom. The fraction of sp³-hybridized carbons (Fsp3) is 0.667. The van der Waals surface area contributed by atoms with Crippen molar-refractivity contribution >= 4 is 45.9 Å². The van der Waals surface area contributed by atoms with Crippen LogP contribution in [0.2, 0.25) is 0 Å². The van der Waals surface area contributed by atoms with Crippen LogP contribution in [0.15, 0.2) is 4.99 Å². The molecule has 1 rings (SSSR count). The van der Waals surface area contributed by atoms with Gasteiger partial charge in [-0.3, -0.25) is 4.99 Å². The number of halogens is 3. The Kier molecular flexibility index (Phi) is 2.86. The van der Waals surface area contributed by atoms with Crippen LogP contribution < -0.4 is 0 Å². The zero-order valence-electron chi connectivity index (χ0n) is 6.18. The number of ether oxygens (including phenoxy) is 1. The average Bonchev–Trinajstić information content (AvgIpc) is 2.25. The zero-order chi connectivity index (χ0) is 9.35. The summed E-state index contributed by atoms with van der Waals surface area (Å²) < 4.78 is 3.22. The Balaban J connectivity index is 2.73. The maximum Gasteiger partial charge on any atom is 0.330 e. The standard InChI is InChI=1S/C6H6Cl3NO2/c1-12-4(11)3-2-6(8,9)5(7)10-3/h3H,2H2,1H3/t3-/m0/s1. The minimum atomic E-state index is -1.24. The van der Waals surface area contributed by atoms with Crippen molar-refractivity contribution in [2.24, 2.45) is 4.99 Å². The van der Waals surface area contributed by atoms with Crippen molar-refractivity contribution in [3.63, 3.8) is 0 Å². The molecule has 0 saturated carbocycles. The summed E-state index contributed by atoms with van der Waals surface area (Å²) in [6, 6.07) is -0.669. The number of nitrogens with zero attached hydrogens (tertiary/aromatic N) is 1. The third-order valence-electron chi connectivity index (χ3n) is 1.49. The van der Waals surface area contributed by atoms with Crippen molar-refractivity contribution in [2.45, 2.75) is 16.8 Å². The first-order chi connectivity index (χ1) is 5.47. The van der Waals surface area contributed by atoms with E-state index in [1.807, 2.05) is 0 Å². The van der Waals surface area contributed by atoms with E-state index in [4.69, 9.17) is 34.8 Å². The van der Waals surface area contributed by atoms with Crippen molar-refractivity contribution < 1.29 is 9.53 Å². The summed E-state index contributed by atoms with van der Waals surface area (Å²) in [4.78, 5) is 14.7. The van der Waals surface area contributed by atoms with Gasteiger partial charge in [0.25, 0.3) is 0 Å². The van der Waals surface area contributed by atoms with E-state index in [1.54, 1.807) is 0 Å². The van der Waals surface area contributed by atoms with Crippen molar-refractivity contribution in [1.82, 2.24) is 0 Å². The molecule has 6 heteroatoms. The van der Waals surface area contributed by atoms with Gasteiger partial charge in [-0.05, 0) is 0 Å². The molecule has 0 aliphatic carbocycles. The largest absolute Gasteiger partial charge is 0.467 e. The molecule has 0 N–H and O–H groups in total. The quantitative estimate of drug-likeness (QED) is 0.508. The maximum absolute atomic E-state index is 10.9. The van der Waals surface area contributed by atoms with Crippen LogP contribution in [-0.4, -0.2) is 28.6 Å². The summed E-state index contributed by atoms with van der Waals surface area (Å²) in [5.74, 6) is -0.476. The number of esters is 1. The van der Waals surface area contributed by atoms with Gasteiger partial charge in [-0.25, -0.2) is 4.79 Å².